The molecule has 8 heteroatoms. The number of hydrogen-bond donors (Lipinski definition) is 2. The number of para-hydroxylation sites is 1. The van der Waals surface area contributed by atoms with E-state index in [0.717, 1.165) is 73.8 Å². The maximum atomic E-state index is 13.1. The number of nitrogens with one attached hydrogen (secondary N) is 2. The molecule has 41 heavy (non-hydrogen) atoms. The van der Waals surface area contributed by atoms with Crippen molar-refractivity contribution in [3.63, 3.8) is 0 Å². The van der Waals surface area contributed by atoms with Gasteiger partial charge in [0, 0.05) is 24.3 Å². The van der Waals surface area contributed by atoms with Crippen LogP contribution in [0, 0.1) is 23.7 Å². The summed E-state index contributed by atoms with van der Waals surface area (Å²) in [6, 6.07) is 12.3. The van der Waals surface area contributed by atoms with Gasteiger partial charge in [-0.3, -0.25) is 19.4 Å². The molecule has 1 aromatic carbocycles. The van der Waals surface area contributed by atoms with Crippen LogP contribution < -0.4 is 10.6 Å². The van der Waals surface area contributed by atoms with E-state index in [9.17, 15) is 9.59 Å². The third-order valence-electron chi connectivity index (χ3n) is 9.78. The molecule has 4 saturated carbocycles. The van der Waals surface area contributed by atoms with Gasteiger partial charge in [-0.15, -0.1) is 0 Å². The first-order valence-electron chi connectivity index (χ1n) is 16.0. The predicted molar refractivity (Wildman–Crippen MR) is 160 cm³/mol. The molecule has 0 radical (unpaired) electrons. The number of amides is 2. The minimum atomic E-state index is 0.0256. The largest absolute Gasteiger partial charge is 0.350 e. The number of carbonyl (C=O) groups is 2. The summed E-state index contributed by atoms with van der Waals surface area (Å²) in [5, 5.41) is 11.4. The van der Waals surface area contributed by atoms with Gasteiger partial charge in [-0.1, -0.05) is 32.0 Å². The Bertz CT molecular complexity index is 1170. The van der Waals surface area contributed by atoms with E-state index in [-0.39, 0.29) is 17.4 Å². The molecule has 2 heterocycles. The van der Waals surface area contributed by atoms with Crippen molar-refractivity contribution in [3.05, 3.63) is 47.8 Å². The lowest BCUT2D eigenvalue weighted by Crippen LogP contribution is -2.61. The first kappa shape index (κ1) is 28.4. The smallest absolute Gasteiger partial charge is 0.234 e. The second kappa shape index (κ2) is 12.3. The number of aromatic nitrogens is 2. The van der Waals surface area contributed by atoms with Crippen LogP contribution in [0.1, 0.15) is 70.2 Å². The van der Waals surface area contributed by atoms with Crippen molar-refractivity contribution in [1.82, 2.24) is 30.2 Å². The van der Waals surface area contributed by atoms with Crippen LogP contribution >= 0.6 is 0 Å². The van der Waals surface area contributed by atoms with Gasteiger partial charge < -0.3 is 10.6 Å². The number of carbonyl (C=O) groups excluding carboxylic acids is 2. The highest BCUT2D eigenvalue weighted by Gasteiger charge is 2.51. The molecule has 5 aliphatic rings. The molecule has 7 rings (SSSR count). The van der Waals surface area contributed by atoms with Crippen LogP contribution in [0.3, 0.4) is 0 Å². The fourth-order valence-corrected chi connectivity index (χ4v) is 8.51. The average molecular weight is 561 g/mol. The third kappa shape index (κ3) is 7.03. The molecule has 4 aliphatic carbocycles. The van der Waals surface area contributed by atoms with Gasteiger partial charge in [0.1, 0.15) is 0 Å². The molecular weight excluding hydrogens is 512 g/mol. The van der Waals surface area contributed by atoms with Crippen LogP contribution in [0.15, 0.2) is 36.4 Å². The minimum Gasteiger partial charge on any atom is -0.350 e. The number of rotatable bonds is 10. The summed E-state index contributed by atoms with van der Waals surface area (Å²) in [5.41, 5.74) is 3.16. The average Bonchev–Trinajstić information content (AvgIpc) is 3.18. The zero-order chi connectivity index (χ0) is 28.4. The van der Waals surface area contributed by atoms with Gasteiger partial charge in [-0.25, -0.2) is 4.68 Å². The quantitative estimate of drug-likeness (QED) is 0.462. The zero-order valence-corrected chi connectivity index (χ0v) is 25.0. The van der Waals surface area contributed by atoms with Gasteiger partial charge >= 0.3 is 0 Å². The van der Waals surface area contributed by atoms with Gasteiger partial charge in [0.2, 0.25) is 11.8 Å². The first-order chi connectivity index (χ1) is 19.8. The maximum absolute atomic E-state index is 13.1. The number of benzene rings is 1. The van der Waals surface area contributed by atoms with Crippen LogP contribution in [-0.2, 0) is 22.6 Å². The molecule has 2 amide bonds. The second-order valence-electron chi connectivity index (χ2n) is 13.9. The molecule has 8 nitrogen and oxygen atoms in total. The van der Waals surface area contributed by atoms with Crippen LogP contribution in [0.2, 0.25) is 0 Å². The maximum Gasteiger partial charge on any atom is 0.234 e. The number of hydrogen-bond acceptors (Lipinski definition) is 5. The Hall–Kier alpha value is -2.71. The topological polar surface area (TPSA) is 82.5 Å². The van der Waals surface area contributed by atoms with E-state index in [1.807, 2.05) is 22.9 Å². The summed E-state index contributed by atoms with van der Waals surface area (Å²) in [7, 11) is 0. The third-order valence-corrected chi connectivity index (χ3v) is 9.78. The molecular formula is C33H48N6O2. The van der Waals surface area contributed by atoms with Crippen LogP contribution in [-0.4, -0.2) is 76.2 Å². The van der Waals surface area contributed by atoms with Crippen molar-refractivity contribution < 1.29 is 9.59 Å². The van der Waals surface area contributed by atoms with Crippen molar-refractivity contribution in [2.24, 2.45) is 23.7 Å². The molecule has 0 spiro atoms. The second-order valence-corrected chi connectivity index (χ2v) is 13.9. The Morgan fingerprint density at radius 1 is 0.902 bits per heavy atom. The minimum absolute atomic E-state index is 0.0256. The Morgan fingerprint density at radius 3 is 2.12 bits per heavy atom. The highest BCUT2D eigenvalue weighted by Crippen LogP contribution is 2.55. The van der Waals surface area contributed by atoms with Gasteiger partial charge in [0.15, 0.2) is 0 Å². The van der Waals surface area contributed by atoms with Crippen molar-refractivity contribution in [2.75, 3.05) is 39.3 Å². The summed E-state index contributed by atoms with van der Waals surface area (Å²) in [6.07, 6.45) is 9.65. The monoisotopic (exact) mass is 560 g/mol. The molecule has 2 N–H and O–H groups in total. The van der Waals surface area contributed by atoms with E-state index in [1.165, 1.54) is 38.5 Å². The lowest BCUT2D eigenvalue weighted by molar-refractivity contribution is -0.128. The summed E-state index contributed by atoms with van der Waals surface area (Å²) in [6.45, 7) is 9.11. The Labute approximate surface area is 245 Å². The van der Waals surface area contributed by atoms with Gasteiger partial charge in [-0.2, -0.15) is 5.10 Å². The fourth-order valence-electron chi connectivity index (χ4n) is 8.51. The van der Waals surface area contributed by atoms with E-state index >= 15 is 0 Å². The Balaban J connectivity index is 0.959. The molecule has 5 fully saturated rings. The normalized spacial score (nSPS) is 28.1. The molecule has 1 aliphatic heterocycles. The summed E-state index contributed by atoms with van der Waals surface area (Å²) in [4.78, 5) is 30.5. The van der Waals surface area contributed by atoms with E-state index in [1.54, 1.807) is 0 Å². The van der Waals surface area contributed by atoms with Crippen molar-refractivity contribution in [3.8, 4) is 5.69 Å². The standard InChI is InChI=1S/C33H48N6O2/c1-24(2)13-30-17-28(36-39(30)29-7-4-3-5-8-29)21-34-31(40)22-37-9-6-10-38(12-11-37)23-32(41)35-33-18-25-14-26(19-33)16-27(15-25)20-33/h3-5,7-8,17,24-27H,6,9-16,18-23H2,1-2H3,(H,34,40)(H,35,41). The summed E-state index contributed by atoms with van der Waals surface area (Å²) < 4.78 is 2.00. The van der Waals surface area contributed by atoms with E-state index in [2.05, 4.69) is 52.5 Å². The van der Waals surface area contributed by atoms with Crippen molar-refractivity contribution in [2.45, 2.75) is 77.3 Å². The Kier molecular flexibility index (Phi) is 8.50. The summed E-state index contributed by atoms with van der Waals surface area (Å²) >= 11 is 0. The van der Waals surface area contributed by atoms with Crippen molar-refractivity contribution >= 4 is 11.8 Å². The lowest BCUT2D eigenvalue weighted by Gasteiger charge is -2.57. The van der Waals surface area contributed by atoms with Crippen LogP contribution in [0.5, 0.6) is 0 Å². The lowest BCUT2D eigenvalue weighted by atomic mass is 9.53. The highest BCUT2D eigenvalue weighted by atomic mass is 16.2. The highest BCUT2D eigenvalue weighted by molar-refractivity contribution is 5.79. The summed E-state index contributed by atoms with van der Waals surface area (Å²) in [5.74, 6) is 3.24. The van der Waals surface area contributed by atoms with Crippen LogP contribution in [0.25, 0.3) is 5.69 Å². The van der Waals surface area contributed by atoms with E-state index < -0.39 is 0 Å². The first-order valence-corrected chi connectivity index (χ1v) is 16.0. The number of nitrogens with zero attached hydrogens (tertiary/aromatic N) is 4. The molecule has 0 unspecified atom stereocenters. The molecule has 4 bridgehead atoms. The van der Waals surface area contributed by atoms with E-state index in [0.29, 0.717) is 25.6 Å². The molecule has 1 aromatic heterocycles. The fraction of sp³-hybridized carbons (Fsp3) is 0.667. The molecule has 222 valence electrons. The molecule has 2 aromatic rings. The SMILES string of the molecule is CC(C)Cc1cc(CNC(=O)CN2CCCN(CC(=O)NC34CC5CC(CC(C5)C3)C4)CC2)nn1-c1ccccc1. The predicted octanol–water partition coefficient (Wildman–Crippen LogP) is 3.78. The Morgan fingerprint density at radius 2 is 1.51 bits per heavy atom. The van der Waals surface area contributed by atoms with Gasteiger partial charge in [-0.05, 0) is 106 Å². The van der Waals surface area contributed by atoms with Crippen LogP contribution in [0.4, 0.5) is 0 Å². The van der Waals surface area contributed by atoms with E-state index in [4.69, 9.17) is 5.10 Å². The van der Waals surface area contributed by atoms with Gasteiger partial charge in [0.05, 0.1) is 31.0 Å². The van der Waals surface area contributed by atoms with Crippen molar-refractivity contribution in [1.29, 1.82) is 0 Å². The molecule has 0 atom stereocenters. The zero-order valence-electron chi connectivity index (χ0n) is 25.0. The van der Waals surface area contributed by atoms with Gasteiger partial charge in [0.25, 0.3) is 0 Å². The molecule has 1 saturated heterocycles.